The van der Waals surface area contributed by atoms with Crippen LogP contribution in [0.2, 0.25) is 0 Å². The maximum atomic E-state index is 4.56. The van der Waals surface area contributed by atoms with E-state index in [-0.39, 0.29) is 0 Å². The average Bonchev–Trinajstić information content (AvgIpc) is 2.83. The first-order chi connectivity index (χ1) is 7.34. The fourth-order valence-electron chi connectivity index (χ4n) is 1.67. The Morgan fingerprint density at radius 3 is 2.80 bits per heavy atom. The molecule has 0 aromatic heterocycles. The van der Waals surface area contributed by atoms with E-state index in [0.29, 0.717) is 0 Å². The summed E-state index contributed by atoms with van der Waals surface area (Å²) in [7, 11) is 0. The van der Waals surface area contributed by atoms with Crippen molar-refractivity contribution in [2.75, 3.05) is 11.7 Å². The van der Waals surface area contributed by atoms with Gasteiger partial charge in [-0.3, -0.25) is 0 Å². The zero-order valence-corrected chi connectivity index (χ0v) is 9.24. The van der Waals surface area contributed by atoms with Crippen molar-refractivity contribution in [3.05, 3.63) is 41.4 Å². The Kier molecular flexibility index (Phi) is 1.95. The molecular formula is C11H11N3S. The van der Waals surface area contributed by atoms with Crippen LogP contribution in [0.5, 0.6) is 0 Å². The quantitative estimate of drug-likeness (QED) is 0.720. The van der Waals surface area contributed by atoms with Crippen LogP contribution < -0.4 is 5.01 Å². The number of allylic oxidation sites excluding steroid dienone is 1. The van der Waals surface area contributed by atoms with Gasteiger partial charge in [-0.05, 0) is 24.5 Å². The Labute approximate surface area is 93.1 Å². The third-order valence-electron chi connectivity index (χ3n) is 2.53. The molecule has 76 valence electrons. The molecular weight excluding hydrogens is 206 g/mol. The number of hydrazone groups is 1. The number of fused-ring (bicyclic) bond motifs is 1. The summed E-state index contributed by atoms with van der Waals surface area (Å²) in [6.45, 7) is 2.94. The number of nitrogens with zero attached hydrogens (tertiary/aromatic N) is 3. The lowest BCUT2D eigenvalue weighted by Crippen LogP contribution is -2.25. The van der Waals surface area contributed by atoms with Gasteiger partial charge in [-0.2, -0.15) is 0 Å². The van der Waals surface area contributed by atoms with E-state index >= 15 is 0 Å². The second-order valence-corrected chi connectivity index (χ2v) is 4.40. The molecule has 0 spiro atoms. The van der Waals surface area contributed by atoms with Crippen LogP contribution in [0.15, 0.2) is 46.5 Å². The lowest BCUT2D eigenvalue weighted by Gasteiger charge is -2.17. The monoisotopic (exact) mass is 217 g/mol. The Morgan fingerprint density at radius 1 is 1.27 bits per heavy atom. The minimum atomic E-state index is 0.828. The van der Waals surface area contributed by atoms with Crippen LogP contribution in [-0.2, 0) is 0 Å². The van der Waals surface area contributed by atoms with Gasteiger partial charge in [-0.25, -0.2) is 5.01 Å². The molecule has 0 aliphatic carbocycles. The first-order valence-corrected chi connectivity index (χ1v) is 5.75. The van der Waals surface area contributed by atoms with Gasteiger partial charge in [0.1, 0.15) is 6.67 Å². The average molecular weight is 217 g/mol. The van der Waals surface area contributed by atoms with Crippen molar-refractivity contribution in [1.82, 2.24) is 4.90 Å². The molecule has 0 radical (unpaired) electrons. The van der Waals surface area contributed by atoms with E-state index in [1.807, 2.05) is 23.2 Å². The molecule has 15 heavy (non-hydrogen) atoms. The van der Waals surface area contributed by atoms with Crippen LogP contribution in [0.4, 0.5) is 5.69 Å². The molecule has 0 unspecified atom stereocenters. The van der Waals surface area contributed by atoms with Gasteiger partial charge in [0.05, 0.1) is 5.69 Å². The zero-order valence-electron chi connectivity index (χ0n) is 8.42. The number of hydrogen-bond donors (Lipinski definition) is 0. The highest BCUT2D eigenvalue weighted by atomic mass is 32.2. The Balaban J connectivity index is 1.87. The maximum absolute atomic E-state index is 4.56. The number of benzene rings is 1. The fourth-order valence-corrected chi connectivity index (χ4v) is 2.55. The number of hydrogen-bond acceptors (Lipinski definition) is 4. The fraction of sp³-hybridized carbons (Fsp3) is 0.182. The highest BCUT2D eigenvalue weighted by Crippen LogP contribution is 2.32. The van der Waals surface area contributed by atoms with E-state index in [9.17, 15) is 0 Å². The van der Waals surface area contributed by atoms with E-state index in [2.05, 4.69) is 34.5 Å². The molecule has 2 heterocycles. The van der Waals surface area contributed by atoms with Crippen LogP contribution in [-0.4, -0.2) is 16.7 Å². The number of rotatable bonds is 1. The van der Waals surface area contributed by atoms with Crippen molar-refractivity contribution in [3.8, 4) is 0 Å². The molecule has 1 aromatic carbocycles. The van der Waals surface area contributed by atoms with Crippen molar-refractivity contribution in [2.45, 2.75) is 6.92 Å². The van der Waals surface area contributed by atoms with E-state index in [1.165, 1.54) is 5.70 Å². The molecule has 0 fully saturated rings. The Morgan fingerprint density at radius 2 is 2.07 bits per heavy atom. The maximum Gasteiger partial charge on any atom is 0.193 e. The summed E-state index contributed by atoms with van der Waals surface area (Å²) in [5.41, 5.74) is 2.42. The number of thioether (sulfide) groups is 1. The van der Waals surface area contributed by atoms with E-state index in [4.69, 9.17) is 0 Å². The van der Waals surface area contributed by atoms with Crippen molar-refractivity contribution in [1.29, 1.82) is 0 Å². The van der Waals surface area contributed by atoms with Crippen LogP contribution in [0, 0.1) is 0 Å². The van der Waals surface area contributed by atoms with Crippen LogP contribution in [0.1, 0.15) is 6.92 Å². The lowest BCUT2D eigenvalue weighted by molar-refractivity contribution is 0.557. The first kappa shape index (κ1) is 8.85. The minimum absolute atomic E-state index is 0.828. The summed E-state index contributed by atoms with van der Waals surface area (Å²) in [5, 5.41) is 9.80. The molecule has 2 aliphatic heterocycles. The second-order valence-electron chi connectivity index (χ2n) is 3.56. The van der Waals surface area contributed by atoms with Gasteiger partial charge in [0.25, 0.3) is 0 Å². The summed E-state index contributed by atoms with van der Waals surface area (Å²) in [5.74, 6) is 0. The molecule has 3 nitrogen and oxygen atoms in total. The Bertz CT molecular complexity index is 438. The normalized spacial score (nSPS) is 19.0. The molecule has 0 N–H and O–H groups in total. The van der Waals surface area contributed by atoms with Crippen molar-refractivity contribution >= 4 is 22.6 Å². The van der Waals surface area contributed by atoms with Crippen LogP contribution in [0.3, 0.4) is 0 Å². The van der Waals surface area contributed by atoms with Gasteiger partial charge in [0.15, 0.2) is 5.17 Å². The molecule has 0 amide bonds. The summed E-state index contributed by atoms with van der Waals surface area (Å²) >= 11 is 1.69. The topological polar surface area (TPSA) is 18.8 Å². The SMILES string of the molecule is CC1=CSC2=NN(c3ccccc3)CN12. The number of anilines is 1. The Hall–Kier alpha value is -1.42. The largest absolute Gasteiger partial charge is 0.303 e. The molecule has 3 rings (SSSR count). The van der Waals surface area contributed by atoms with Crippen molar-refractivity contribution < 1.29 is 0 Å². The predicted octanol–water partition coefficient (Wildman–Crippen LogP) is 2.65. The van der Waals surface area contributed by atoms with Crippen molar-refractivity contribution in [2.24, 2.45) is 5.10 Å². The van der Waals surface area contributed by atoms with E-state index in [0.717, 1.165) is 17.5 Å². The number of amidine groups is 1. The standard InChI is InChI=1S/C11H11N3S/c1-9-7-15-11-12-14(8-13(9)11)10-5-3-2-4-6-10/h2-7H,8H2,1H3. The van der Waals surface area contributed by atoms with Gasteiger partial charge in [0, 0.05) is 5.70 Å². The van der Waals surface area contributed by atoms with Gasteiger partial charge < -0.3 is 4.90 Å². The highest BCUT2D eigenvalue weighted by molar-refractivity contribution is 8.16. The summed E-state index contributed by atoms with van der Waals surface area (Å²) < 4.78 is 0. The minimum Gasteiger partial charge on any atom is -0.303 e. The van der Waals surface area contributed by atoms with Gasteiger partial charge in [-0.15, -0.1) is 5.10 Å². The first-order valence-electron chi connectivity index (χ1n) is 4.87. The van der Waals surface area contributed by atoms with Crippen LogP contribution in [0.25, 0.3) is 0 Å². The molecule has 0 saturated heterocycles. The molecule has 4 heteroatoms. The summed E-state index contributed by atoms with van der Waals surface area (Å²) in [4.78, 5) is 2.22. The number of para-hydroxylation sites is 1. The zero-order chi connectivity index (χ0) is 10.3. The summed E-state index contributed by atoms with van der Waals surface area (Å²) in [6, 6.07) is 10.3. The summed E-state index contributed by atoms with van der Waals surface area (Å²) in [6.07, 6.45) is 0. The second kappa shape index (κ2) is 3.31. The van der Waals surface area contributed by atoms with E-state index < -0.39 is 0 Å². The molecule has 0 bridgehead atoms. The van der Waals surface area contributed by atoms with E-state index in [1.54, 1.807) is 11.8 Å². The molecule has 2 aliphatic rings. The van der Waals surface area contributed by atoms with Gasteiger partial charge >= 0.3 is 0 Å². The third-order valence-corrected chi connectivity index (χ3v) is 3.50. The smallest absolute Gasteiger partial charge is 0.193 e. The van der Waals surface area contributed by atoms with Crippen molar-refractivity contribution in [3.63, 3.8) is 0 Å². The van der Waals surface area contributed by atoms with Crippen LogP contribution >= 0.6 is 11.8 Å². The van der Waals surface area contributed by atoms with Gasteiger partial charge in [-0.1, -0.05) is 30.0 Å². The highest BCUT2D eigenvalue weighted by Gasteiger charge is 2.28. The molecule has 0 saturated carbocycles. The predicted molar refractivity (Wildman–Crippen MR) is 64.4 cm³/mol. The lowest BCUT2D eigenvalue weighted by atomic mass is 10.3. The molecule has 0 atom stereocenters. The third kappa shape index (κ3) is 1.41. The van der Waals surface area contributed by atoms with Gasteiger partial charge in [0.2, 0.25) is 0 Å². The molecule has 1 aromatic rings.